The van der Waals surface area contributed by atoms with Crippen LogP contribution in [0, 0.1) is 0 Å². The number of methoxy groups -OCH3 is 2. The number of nitrogens with zero attached hydrogens (tertiary/aromatic N) is 2. The van der Waals surface area contributed by atoms with Gasteiger partial charge >= 0.3 is 0 Å². The highest BCUT2D eigenvalue weighted by Gasteiger charge is 2.33. The maximum atomic E-state index is 13.2. The van der Waals surface area contributed by atoms with Crippen molar-refractivity contribution in [2.24, 2.45) is 0 Å². The first kappa shape index (κ1) is 25.8. The minimum atomic E-state index is -0.352. The number of carbonyl (C=O) groups is 2. The second-order valence-corrected chi connectivity index (χ2v) is 10.5. The summed E-state index contributed by atoms with van der Waals surface area (Å²) in [4.78, 5) is 30.1. The zero-order valence-corrected chi connectivity index (χ0v) is 21.8. The lowest BCUT2D eigenvalue weighted by Crippen LogP contribution is -2.46. The predicted molar refractivity (Wildman–Crippen MR) is 141 cm³/mol. The van der Waals surface area contributed by atoms with Gasteiger partial charge in [-0.2, -0.15) is 0 Å². The molecule has 180 valence electrons. The molecule has 6 nitrogen and oxygen atoms in total. The number of benzene rings is 2. The Balaban J connectivity index is 1.70. The van der Waals surface area contributed by atoms with E-state index in [9.17, 15) is 9.59 Å². The van der Waals surface area contributed by atoms with E-state index in [1.807, 2.05) is 62.1 Å². The van der Waals surface area contributed by atoms with Gasteiger partial charge in [-0.25, -0.2) is 0 Å². The molecule has 0 spiro atoms. The van der Waals surface area contributed by atoms with Crippen LogP contribution < -0.4 is 9.47 Å². The largest absolute Gasteiger partial charge is 0.493 e. The first-order valence-corrected chi connectivity index (χ1v) is 12.2. The van der Waals surface area contributed by atoms with Gasteiger partial charge in [-0.15, -0.1) is 0 Å². The molecule has 1 fully saturated rings. The summed E-state index contributed by atoms with van der Waals surface area (Å²) in [5, 5.41) is 0. The smallest absolute Gasteiger partial charge is 0.266 e. The Bertz CT molecular complexity index is 1090. The molecule has 1 aliphatic heterocycles. The summed E-state index contributed by atoms with van der Waals surface area (Å²) in [6.07, 6.45) is 1.97. The number of thiocarbonyl (C=S) groups is 1. The molecule has 0 radical (unpaired) electrons. The van der Waals surface area contributed by atoms with Crippen LogP contribution in [0.2, 0.25) is 0 Å². The summed E-state index contributed by atoms with van der Waals surface area (Å²) in [5.74, 6) is 0.986. The van der Waals surface area contributed by atoms with E-state index < -0.39 is 0 Å². The lowest BCUT2D eigenvalue weighted by Gasteiger charge is -2.36. The first-order valence-electron chi connectivity index (χ1n) is 11.0. The maximum Gasteiger partial charge on any atom is 0.266 e. The molecule has 2 aromatic carbocycles. The van der Waals surface area contributed by atoms with Gasteiger partial charge in [0.05, 0.1) is 19.1 Å². The van der Waals surface area contributed by atoms with E-state index in [1.54, 1.807) is 32.4 Å². The van der Waals surface area contributed by atoms with Crippen molar-refractivity contribution in [3.63, 3.8) is 0 Å². The monoisotopic (exact) mass is 498 g/mol. The number of thioether (sulfide) groups is 1. The SMILES string of the molecule is COc1ccc(/C=C2\SC(=S)N(CCC(=O)N(Cc3ccccc3)C(C)(C)C)C2=O)cc1OC. The van der Waals surface area contributed by atoms with E-state index in [0.717, 1.165) is 11.1 Å². The van der Waals surface area contributed by atoms with Crippen LogP contribution in [0.5, 0.6) is 11.5 Å². The van der Waals surface area contributed by atoms with Crippen LogP contribution in [0.15, 0.2) is 53.4 Å². The zero-order valence-electron chi connectivity index (χ0n) is 20.2. The van der Waals surface area contributed by atoms with Gasteiger partial charge in [-0.1, -0.05) is 60.4 Å². The van der Waals surface area contributed by atoms with Crippen LogP contribution in [0.25, 0.3) is 6.08 Å². The molecule has 8 heteroatoms. The molecule has 1 saturated heterocycles. The van der Waals surface area contributed by atoms with E-state index in [4.69, 9.17) is 21.7 Å². The van der Waals surface area contributed by atoms with Crippen molar-refractivity contribution in [2.45, 2.75) is 39.3 Å². The van der Waals surface area contributed by atoms with Crippen LogP contribution in [-0.2, 0) is 16.1 Å². The second kappa shape index (κ2) is 11.1. The van der Waals surface area contributed by atoms with E-state index in [0.29, 0.717) is 27.3 Å². The molecule has 0 N–H and O–H groups in total. The Morgan fingerprint density at radius 1 is 1.09 bits per heavy atom. The van der Waals surface area contributed by atoms with Gasteiger partial charge in [-0.3, -0.25) is 14.5 Å². The molecule has 0 saturated carbocycles. The second-order valence-electron chi connectivity index (χ2n) is 8.83. The van der Waals surface area contributed by atoms with E-state index in [2.05, 4.69) is 0 Å². The standard InChI is InChI=1S/C26H30N2O4S2/c1-26(2,3)28(17-18-9-7-6-8-10-18)23(29)13-14-27-24(30)22(34-25(27)33)16-19-11-12-20(31-4)21(15-19)32-5/h6-12,15-16H,13-14,17H2,1-5H3/b22-16-. The minimum Gasteiger partial charge on any atom is -0.493 e. The molecule has 0 aromatic heterocycles. The molecular weight excluding hydrogens is 468 g/mol. The number of carbonyl (C=O) groups excluding carboxylic acids is 2. The number of hydrogen-bond donors (Lipinski definition) is 0. The Kier molecular flexibility index (Phi) is 8.38. The summed E-state index contributed by atoms with van der Waals surface area (Å²) in [6.45, 7) is 6.80. The Morgan fingerprint density at radius 3 is 2.38 bits per heavy atom. The Labute approximate surface area is 210 Å². The van der Waals surface area contributed by atoms with Crippen molar-refractivity contribution in [2.75, 3.05) is 20.8 Å². The van der Waals surface area contributed by atoms with Gasteiger partial charge in [0.25, 0.3) is 5.91 Å². The summed E-state index contributed by atoms with van der Waals surface area (Å²) >= 11 is 6.69. The molecule has 2 amide bonds. The molecule has 0 unspecified atom stereocenters. The third-order valence-electron chi connectivity index (χ3n) is 5.42. The number of hydrogen-bond acceptors (Lipinski definition) is 6. The Hall–Kier alpha value is -2.84. The Morgan fingerprint density at radius 2 is 1.76 bits per heavy atom. The average molecular weight is 499 g/mol. The van der Waals surface area contributed by atoms with Gasteiger partial charge in [0.1, 0.15) is 4.32 Å². The van der Waals surface area contributed by atoms with Gasteiger partial charge in [0.15, 0.2) is 11.5 Å². The van der Waals surface area contributed by atoms with Crippen molar-refractivity contribution in [1.29, 1.82) is 0 Å². The van der Waals surface area contributed by atoms with Crippen molar-refractivity contribution in [1.82, 2.24) is 9.80 Å². The molecular formula is C26H30N2O4S2. The molecule has 0 atom stereocenters. The van der Waals surface area contributed by atoms with Gasteiger partial charge in [0.2, 0.25) is 5.91 Å². The highest BCUT2D eigenvalue weighted by Crippen LogP contribution is 2.35. The third kappa shape index (κ3) is 6.18. The van der Waals surface area contributed by atoms with Crippen LogP contribution >= 0.6 is 24.0 Å². The number of ether oxygens (including phenoxy) is 2. The summed E-state index contributed by atoms with van der Waals surface area (Å²) in [5.41, 5.74) is 1.51. The molecule has 0 aliphatic carbocycles. The van der Waals surface area contributed by atoms with E-state index in [1.165, 1.54) is 16.7 Å². The van der Waals surface area contributed by atoms with Gasteiger partial charge < -0.3 is 14.4 Å². The predicted octanol–water partition coefficient (Wildman–Crippen LogP) is 5.12. The summed E-state index contributed by atoms with van der Waals surface area (Å²) in [6, 6.07) is 15.3. The molecule has 0 bridgehead atoms. The van der Waals surface area contributed by atoms with Crippen molar-refractivity contribution >= 4 is 46.2 Å². The summed E-state index contributed by atoms with van der Waals surface area (Å²) in [7, 11) is 3.14. The maximum absolute atomic E-state index is 13.2. The topological polar surface area (TPSA) is 59.1 Å². The van der Waals surface area contributed by atoms with Crippen molar-refractivity contribution in [3.8, 4) is 11.5 Å². The van der Waals surface area contributed by atoms with E-state index >= 15 is 0 Å². The normalized spacial score (nSPS) is 15.1. The van der Waals surface area contributed by atoms with Crippen LogP contribution in [0.3, 0.4) is 0 Å². The zero-order chi connectivity index (χ0) is 24.9. The van der Waals surface area contributed by atoms with Crippen molar-refractivity contribution in [3.05, 3.63) is 64.6 Å². The first-order chi connectivity index (χ1) is 16.1. The minimum absolute atomic E-state index is 0.0192. The van der Waals surface area contributed by atoms with Crippen LogP contribution in [-0.4, -0.2) is 52.2 Å². The fraction of sp³-hybridized carbons (Fsp3) is 0.346. The molecule has 1 aliphatic rings. The molecule has 1 heterocycles. The van der Waals surface area contributed by atoms with Crippen molar-refractivity contribution < 1.29 is 19.1 Å². The van der Waals surface area contributed by atoms with Crippen LogP contribution in [0.4, 0.5) is 0 Å². The fourth-order valence-corrected chi connectivity index (χ4v) is 4.90. The summed E-state index contributed by atoms with van der Waals surface area (Å²) < 4.78 is 11.1. The lowest BCUT2D eigenvalue weighted by atomic mass is 10.0. The van der Waals surface area contributed by atoms with Gasteiger partial charge in [0, 0.05) is 25.0 Å². The van der Waals surface area contributed by atoms with Crippen LogP contribution in [0.1, 0.15) is 38.3 Å². The lowest BCUT2D eigenvalue weighted by molar-refractivity contribution is -0.137. The highest BCUT2D eigenvalue weighted by molar-refractivity contribution is 8.26. The molecule has 3 rings (SSSR count). The highest BCUT2D eigenvalue weighted by atomic mass is 32.2. The van der Waals surface area contributed by atoms with E-state index in [-0.39, 0.29) is 30.3 Å². The number of rotatable bonds is 8. The molecule has 34 heavy (non-hydrogen) atoms. The number of amides is 2. The third-order valence-corrected chi connectivity index (χ3v) is 6.80. The van der Waals surface area contributed by atoms with Gasteiger partial charge in [-0.05, 0) is 50.1 Å². The quantitative estimate of drug-likeness (QED) is 0.372. The molecule has 2 aromatic rings. The average Bonchev–Trinajstić information content (AvgIpc) is 3.07. The fourth-order valence-electron chi connectivity index (χ4n) is 3.59.